The third kappa shape index (κ3) is 8.77. The number of ether oxygens (including phenoxy) is 1. The quantitative estimate of drug-likeness (QED) is 0.240. The Kier molecular flexibility index (Phi) is 10.4. The molecule has 0 heterocycles. The standard InChI is InChI=1S/C29H34N4O7S/c1-21(2)30-29(35)27(17-22-10-6-5-7-11-22)31(19-23-12-8-15-26(16-23)40-3)28(34)20-32(41(4,38)39)24-13-9-14-25(18-24)33(36)37/h5-16,18,21,27H,17,19-20H2,1-4H3,(H,30,35)/t27-/m0/s1. The minimum absolute atomic E-state index is 0.0222. The monoisotopic (exact) mass is 582 g/mol. The Morgan fingerprint density at radius 2 is 1.63 bits per heavy atom. The largest absolute Gasteiger partial charge is 0.497 e. The van der Waals surface area contributed by atoms with Crippen LogP contribution in [0.15, 0.2) is 78.9 Å². The van der Waals surface area contributed by atoms with Gasteiger partial charge < -0.3 is 15.0 Å². The number of nitrogens with one attached hydrogen (secondary N) is 1. The van der Waals surface area contributed by atoms with Gasteiger partial charge in [0.05, 0.1) is 24.0 Å². The van der Waals surface area contributed by atoms with Gasteiger partial charge in [0.15, 0.2) is 0 Å². The number of carbonyl (C=O) groups excluding carboxylic acids is 2. The number of nitro benzene ring substituents is 1. The van der Waals surface area contributed by atoms with Crippen LogP contribution in [0.5, 0.6) is 5.75 Å². The van der Waals surface area contributed by atoms with E-state index in [2.05, 4.69) is 5.32 Å². The summed E-state index contributed by atoms with van der Waals surface area (Å²) in [4.78, 5) is 39.6. The van der Waals surface area contributed by atoms with Gasteiger partial charge in [-0.15, -0.1) is 0 Å². The van der Waals surface area contributed by atoms with E-state index in [1.807, 2.05) is 30.3 Å². The number of nitro groups is 1. The molecule has 0 saturated heterocycles. The van der Waals surface area contributed by atoms with Gasteiger partial charge >= 0.3 is 0 Å². The first-order valence-electron chi connectivity index (χ1n) is 12.9. The van der Waals surface area contributed by atoms with Crippen molar-refractivity contribution in [3.05, 3.63) is 100 Å². The molecule has 11 nitrogen and oxygen atoms in total. The second-order valence-electron chi connectivity index (χ2n) is 9.79. The summed E-state index contributed by atoms with van der Waals surface area (Å²) in [5, 5.41) is 14.2. The maximum atomic E-state index is 14.0. The van der Waals surface area contributed by atoms with Gasteiger partial charge in [0.2, 0.25) is 21.8 Å². The number of benzene rings is 3. The van der Waals surface area contributed by atoms with Gasteiger partial charge in [-0.1, -0.05) is 48.5 Å². The van der Waals surface area contributed by atoms with Crippen molar-refractivity contribution in [2.45, 2.75) is 38.9 Å². The van der Waals surface area contributed by atoms with Crippen LogP contribution in [0.4, 0.5) is 11.4 Å². The topological polar surface area (TPSA) is 139 Å². The van der Waals surface area contributed by atoms with E-state index in [-0.39, 0.29) is 30.4 Å². The molecule has 12 heteroatoms. The minimum atomic E-state index is -4.05. The number of sulfonamides is 1. The third-order valence-electron chi connectivity index (χ3n) is 6.20. The summed E-state index contributed by atoms with van der Waals surface area (Å²) >= 11 is 0. The van der Waals surface area contributed by atoms with Gasteiger partial charge in [-0.25, -0.2) is 8.42 Å². The minimum Gasteiger partial charge on any atom is -0.497 e. The molecule has 0 unspecified atom stereocenters. The second kappa shape index (κ2) is 13.8. The average molecular weight is 583 g/mol. The Hall–Kier alpha value is -4.45. The fourth-order valence-corrected chi connectivity index (χ4v) is 5.12. The molecule has 0 fully saturated rings. The van der Waals surface area contributed by atoms with Crippen molar-refractivity contribution in [2.24, 2.45) is 0 Å². The van der Waals surface area contributed by atoms with Crippen LogP contribution in [0.3, 0.4) is 0 Å². The van der Waals surface area contributed by atoms with Gasteiger partial charge in [0.25, 0.3) is 5.69 Å². The zero-order valence-corrected chi connectivity index (χ0v) is 24.2. The molecule has 0 saturated carbocycles. The summed E-state index contributed by atoms with van der Waals surface area (Å²) < 4.78 is 31.8. The number of rotatable bonds is 13. The normalized spacial score (nSPS) is 11.9. The zero-order valence-electron chi connectivity index (χ0n) is 23.4. The van der Waals surface area contributed by atoms with Crippen molar-refractivity contribution in [1.82, 2.24) is 10.2 Å². The average Bonchev–Trinajstić information content (AvgIpc) is 2.93. The van der Waals surface area contributed by atoms with E-state index in [1.54, 1.807) is 38.1 Å². The van der Waals surface area contributed by atoms with Crippen molar-refractivity contribution in [3.8, 4) is 5.75 Å². The van der Waals surface area contributed by atoms with Crippen LogP contribution in [-0.4, -0.2) is 62.0 Å². The molecule has 0 aliphatic rings. The molecule has 0 aliphatic heterocycles. The number of hydrogen-bond donors (Lipinski definition) is 1. The lowest BCUT2D eigenvalue weighted by molar-refractivity contribution is -0.384. The highest BCUT2D eigenvalue weighted by Crippen LogP contribution is 2.25. The molecule has 2 amide bonds. The van der Waals surface area contributed by atoms with Gasteiger partial charge in [0, 0.05) is 31.1 Å². The summed E-state index contributed by atoms with van der Waals surface area (Å²) in [7, 11) is -2.54. The molecular weight excluding hydrogens is 548 g/mol. The Bertz CT molecular complexity index is 1480. The van der Waals surface area contributed by atoms with E-state index in [0.29, 0.717) is 11.3 Å². The Balaban J connectivity index is 2.09. The van der Waals surface area contributed by atoms with Gasteiger partial charge in [-0.05, 0) is 43.2 Å². The van der Waals surface area contributed by atoms with Crippen LogP contribution in [-0.2, 0) is 32.6 Å². The van der Waals surface area contributed by atoms with E-state index >= 15 is 0 Å². The second-order valence-corrected chi connectivity index (χ2v) is 11.7. The summed E-state index contributed by atoms with van der Waals surface area (Å²) in [6.07, 6.45) is 1.09. The Morgan fingerprint density at radius 1 is 0.976 bits per heavy atom. The van der Waals surface area contributed by atoms with E-state index in [9.17, 15) is 28.1 Å². The molecule has 41 heavy (non-hydrogen) atoms. The van der Waals surface area contributed by atoms with Crippen LogP contribution in [0.2, 0.25) is 0 Å². The zero-order chi connectivity index (χ0) is 30.2. The third-order valence-corrected chi connectivity index (χ3v) is 7.34. The number of anilines is 1. The number of nitrogens with zero attached hydrogens (tertiary/aromatic N) is 3. The first-order chi connectivity index (χ1) is 19.4. The lowest BCUT2D eigenvalue weighted by Crippen LogP contribution is -2.54. The molecule has 1 N–H and O–H groups in total. The Morgan fingerprint density at radius 3 is 2.24 bits per heavy atom. The molecule has 218 valence electrons. The molecular formula is C29H34N4O7S. The maximum absolute atomic E-state index is 14.0. The highest BCUT2D eigenvalue weighted by molar-refractivity contribution is 7.92. The lowest BCUT2D eigenvalue weighted by Gasteiger charge is -2.34. The predicted octanol–water partition coefficient (Wildman–Crippen LogP) is 3.53. The highest BCUT2D eigenvalue weighted by Gasteiger charge is 2.33. The molecule has 0 aliphatic carbocycles. The molecule has 1 atom stereocenters. The molecule has 0 aromatic heterocycles. The number of carbonyl (C=O) groups is 2. The SMILES string of the molecule is COc1cccc(CN(C(=O)CN(c2cccc([N+](=O)[O-])c2)S(C)(=O)=O)[C@@H](Cc2ccccc2)C(=O)NC(C)C)c1. The van der Waals surface area contributed by atoms with Crippen molar-refractivity contribution in [1.29, 1.82) is 0 Å². The summed E-state index contributed by atoms with van der Waals surface area (Å²) in [6.45, 7) is 2.91. The summed E-state index contributed by atoms with van der Waals surface area (Å²) in [5.41, 5.74) is 1.10. The predicted molar refractivity (Wildman–Crippen MR) is 156 cm³/mol. The van der Waals surface area contributed by atoms with Crippen molar-refractivity contribution in [3.63, 3.8) is 0 Å². The van der Waals surface area contributed by atoms with E-state index in [1.165, 1.54) is 30.2 Å². The van der Waals surface area contributed by atoms with E-state index in [4.69, 9.17) is 4.74 Å². The first-order valence-corrected chi connectivity index (χ1v) is 14.7. The molecule has 0 radical (unpaired) electrons. The smallest absolute Gasteiger partial charge is 0.271 e. The Labute approximate surface area is 239 Å². The summed E-state index contributed by atoms with van der Waals surface area (Å²) in [5.74, 6) is -0.513. The van der Waals surface area contributed by atoms with Crippen LogP contribution >= 0.6 is 0 Å². The van der Waals surface area contributed by atoms with Crippen molar-refractivity contribution < 1.29 is 27.7 Å². The molecule has 0 bridgehead atoms. The number of methoxy groups -OCH3 is 1. The first kappa shape index (κ1) is 31.1. The van der Waals surface area contributed by atoms with Gasteiger partial charge in [-0.2, -0.15) is 0 Å². The van der Waals surface area contributed by atoms with E-state index < -0.39 is 39.3 Å². The lowest BCUT2D eigenvalue weighted by atomic mass is 10.0. The van der Waals surface area contributed by atoms with Crippen molar-refractivity contribution >= 4 is 33.2 Å². The fraction of sp³-hybridized carbons (Fsp3) is 0.310. The van der Waals surface area contributed by atoms with Crippen molar-refractivity contribution in [2.75, 3.05) is 24.2 Å². The number of hydrogen-bond acceptors (Lipinski definition) is 7. The van der Waals surface area contributed by atoms with Crippen LogP contribution < -0.4 is 14.4 Å². The summed E-state index contributed by atoms with van der Waals surface area (Å²) in [6, 6.07) is 20.0. The number of amides is 2. The number of non-ortho nitro benzene ring substituents is 1. The van der Waals surface area contributed by atoms with Gasteiger partial charge in [-0.3, -0.25) is 24.0 Å². The van der Waals surface area contributed by atoms with Gasteiger partial charge in [0.1, 0.15) is 18.3 Å². The van der Waals surface area contributed by atoms with Crippen LogP contribution in [0.25, 0.3) is 0 Å². The molecule has 3 rings (SSSR count). The molecule has 3 aromatic rings. The van der Waals surface area contributed by atoms with E-state index in [0.717, 1.165) is 22.2 Å². The molecule has 3 aromatic carbocycles. The fourth-order valence-electron chi connectivity index (χ4n) is 4.28. The molecule has 0 spiro atoms. The maximum Gasteiger partial charge on any atom is 0.271 e. The van der Waals surface area contributed by atoms with Crippen LogP contribution in [0.1, 0.15) is 25.0 Å². The highest BCUT2D eigenvalue weighted by atomic mass is 32.2. The van der Waals surface area contributed by atoms with Crippen LogP contribution in [0, 0.1) is 10.1 Å².